The van der Waals surface area contributed by atoms with Crippen LogP contribution in [0.5, 0.6) is 11.5 Å². The summed E-state index contributed by atoms with van der Waals surface area (Å²) >= 11 is 0. The van der Waals surface area contributed by atoms with Crippen LogP contribution in [0.15, 0.2) is 71.6 Å². The van der Waals surface area contributed by atoms with Crippen molar-refractivity contribution in [3.63, 3.8) is 0 Å². The lowest BCUT2D eigenvalue weighted by Crippen LogP contribution is -2.42. The van der Waals surface area contributed by atoms with Gasteiger partial charge >= 0.3 is 0 Å². The summed E-state index contributed by atoms with van der Waals surface area (Å²) in [4.78, 5) is 12.9. The highest BCUT2D eigenvalue weighted by molar-refractivity contribution is 7.92. The first kappa shape index (κ1) is 25.1. The van der Waals surface area contributed by atoms with Crippen LogP contribution < -0.4 is 19.1 Å². The fraction of sp³-hybridized carbons (Fsp3) is 0.269. The standard InChI is InChI=1S/C26H30N2O5S/c1-19-9-13-23(14-10-19)34(30,31)28(22-12-11-20(2)21(3)17-22)18-26(29)27-15-16-33-25-8-6-5-7-24(25)32-4/h5-14,17H,15-16,18H2,1-4H3,(H,27,29). The number of anilines is 1. The van der Waals surface area contributed by atoms with Gasteiger partial charge in [0.1, 0.15) is 13.2 Å². The monoisotopic (exact) mass is 482 g/mol. The van der Waals surface area contributed by atoms with Crippen LogP contribution in [0.2, 0.25) is 0 Å². The van der Waals surface area contributed by atoms with E-state index >= 15 is 0 Å². The average Bonchev–Trinajstić information content (AvgIpc) is 2.82. The summed E-state index contributed by atoms with van der Waals surface area (Å²) in [5, 5.41) is 2.74. The van der Waals surface area contributed by atoms with Crippen molar-refractivity contribution in [3.8, 4) is 11.5 Å². The van der Waals surface area contributed by atoms with Crippen molar-refractivity contribution in [1.29, 1.82) is 0 Å². The molecule has 8 heteroatoms. The predicted molar refractivity (Wildman–Crippen MR) is 133 cm³/mol. The summed E-state index contributed by atoms with van der Waals surface area (Å²) in [5.74, 6) is 0.731. The lowest BCUT2D eigenvalue weighted by Gasteiger charge is -2.25. The Labute approximate surface area is 201 Å². The van der Waals surface area contributed by atoms with E-state index in [9.17, 15) is 13.2 Å². The molecule has 0 spiro atoms. The van der Waals surface area contributed by atoms with Crippen LogP contribution in [0.3, 0.4) is 0 Å². The van der Waals surface area contributed by atoms with Crippen LogP contribution in [0, 0.1) is 20.8 Å². The zero-order chi connectivity index (χ0) is 24.7. The first-order valence-corrected chi connectivity index (χ1v) is 12.4. The number of carbonyl (C=O) groups excluding carboxylic acids is 1. The van der Waals surface area contributed by atoms with Crippen molar-refractivity contribution in [2.75, 3.05) is 31.1 Å². The topological polar surface area (TPSA) is 84.9 Å². The first-order valence-electron chi connectivity index (χ1n) is 10.9. The molecule has 0 bridgehead atoms. The molecule has 0 aromatic heterocycles. The van der Waals surface area contributed by atoms with Gasteiger partial charge in [0.25, 0.3) is 10.0 Å². The van der Waals surface area contributed by atoms with Gasteiger partial charge in [-0.25, -0.2) is 8.42 Å². The maximum absolute atomic E-state index is 13.5. The number of amides is 1. The third kappa shape index (κ3) is 6.08. The van der Waals surface area contributed by atoms with Crippen LogP contribution in [-0.4, -0.2) is 41.1 Å². The molecule has 0 atom stereocenters. The molecule has 3 aromatic carbocycles. The molecule has 0 aliphatic heterocycles. The van der Waals surface area contributed by atoms with E-state index in [0.717, 1.165) is 21.0 Å². The van der Waals surface area contributed by atoms with E-state index < -0.39 is 15.9 Å². The molecule has 0 radical (unpaired) electrons. The third-order valence-corrected chi connectivity index (χ3v) is 7.21. The molecule has 1 N–H and O–H groups in total. The fourth-order valence-corrected chi connectivity index (χ4v) is 4.72. The van der Waals surface area contributed by atoms with Gasteiger partial charge in [-0.3, -0.25) is 9.10 Å². The Bertz CT molecular complexity index is 1240. The number of para-hydroxylation sites is 2. The first-order chi connectivity index (χ1) is 16.2. The minimum Gasteiger partial charge on any atom is -0.493 e. The molecule has 0 fully saturated rings. The Morgan fingerprint density at radius 3 is 2.24 bits per heavy atom. The average molecular weight is 483 g/mol. The minimum absolute atomic E-state index is 0.128. The number of nitrogens with one attached hydrogen (secondary N) is 1. The van der Waals surface area contributed by atoms with Crippen molar-refractivity contribution < 1.29 is 22.7 Å². The van der Waals surface area contributed by atoms with Crippen LogP contribution in [0.4, 0.5) is 5.69 Å². The highest BCUT2D eigenvalue weighted by atomic mass is 32.2. The fourth-order valence-electron chi connectivity index (χ4n) is 3.31. The summed E-state index contributed by atoms with van der Waals surface area (Å²) in [6.07, 6.45) is 0. The van der Waals surface area contributed by atoms with Crippen molar-refractivity contribution in [2.45, 2.75) is 25.7 Å². The van der Waals surface area contributed by atoms with Crippen LogP contribution in [-0.2, 0) is 14.8 Å². The molecular weight excluding hydrogens is 452 g/mol. The highest BCUT2D eigenvalue weighted by Gasteiger charge is 2.27. The van der Waals surface area contributed by atoms with Gasteiger partial charge in [-0.15, -0.1) is 0 Å². The van der Waals surface area contributed by atoms with Crippen LogP contribution in [0.1, 0.15) is 16.7 Å². The summed E-state index contributed by atoms with van der Waals surface area (Å²) in [5.41, 5.74) is 3.36. The van der Waals surface area contributed by atoms with E-state index in [0.29, 0.717) is 17.2 Å². The Kier molecular flexibility index (Phi) is 8.17. The van der Waals surface area contributed by atoms with Gasteiger partial charge in [-0.05, 0) is 68.3 Å². The number of carbonyl (C=O) groups is 1. The van der Waals surface area contributed by atoms with Gasteiger partial charge in [-0.2, -0.15) is 0 Å². The molecule has 0 heterocycles. The summed E-state index contributed by atoms with van der Waals surface area (Å²) in [6, 6.07) is 19.1. The zero-order valence-corrected chi connectivity index (χ0v) is 20.7. The molecule has 7 nitrogen and oxygen atoms in total. The number of methoxy groups -OCH3 is 1. The van der Waals surface area contributed by atoms with E-state index in [2.05, 4.69) is 5.32 Å². The van der Waals surface area contributed by atoms with E-state index in [4.69, 9.17) is 9.47 Å². The predicted octanol–water partition coefficient (Wildman–Crippen LogP) is 4.01. The minimum atomic E-state index is -3.95. The maximum atomic E-state index is 13.5. The quantitative estimate of drug-likeness (QED) is 0.442. The van der Waals surface area contributed by atoms with Crippen molar-refractivity contribution in [2.24, 2.45) is 0 Å². The second kappa shape index (κ2) is 11.1. The molecule has 0 aliphatic carbocycles. The maximum Gasteiger partial charge on any atom is 0.264 e. The normalized spacial score (nSPS) is 11.1. The number of aryl methyl sites for hydroxylation is 3. The lowest BCUT2D eigenvalue weighted by atomic mass is 10.1. The third-order valence-electron chi connectivity index (χ3n) is 5.43. The Balaban J connectivity index is 1.74. The van der Waals surface area contributed by atoms with Gasteiger partial charge in [0.05, 0.1) is 24.2 Å². The summed E-state index contributed by atoms with van der Waals surface area (Å²) in [7, 11) is -2.40. The Hall–Kier alpha value is -3.52. The second-order valence-electron chi connectivity index (χ2n) is 7.94. The molecule has 0 unspecified atom stereocenters. The van der Waals surface area contributed by atoms with E-state index in [-0.39, 0.29) is 24.6 Å². The van der Waals surface area contributed by atoms with Crippen molar-refractivity contribution in [1.82, 2.24) is 5.32 Å². The molecule has 0 saturated carbocycles. The van der Waals surface area contributed by atoms with E-state index in [1.165, 1.54) is 0 Å². The number of benzene rings is 3. The van der Waals surface area contributed by atoms with Gasteiger partial charge < -0.3 is 14.8 Å². The second-order valence-corrected chi connectivity index (χ2v) is 9.80. The molecule has 34 heavy (non-hydrogen) atoms. The van der Waals surface area contributed by atoms with Gasteiger partial charge in [0.2, 0.25) is 5.91 Å². The van der Waals surface area contributed by atoms with Crippen LogP contribution in [0.25, 0.3) is 0 Å². The summed E-state index contributed by atoms with van der Waals surface area (Å²) < 4.78 is 39.0. The van der Waals surface area contributed by atoms with Crippen LogP contribution >= 0.6 is 0 Å². The number of ether oxygens (including phenoxy) is 2. The van der Waals surface area contributed by atoms with E-state index in [1.54, 1.807) is 55.6 Å². The SMILES string of the molecule is COc1ccccc1OCCNC(=O)CN(c1ccc(C)c(C)c1)S(=O)(=O)c1ccc(C)cc1. The van der Waals surface area contributed by atoms with Gasteiger partial charge in [0.15, 0.2) is 11.5 Å². The van der Waals surface area contributed by atoms with Crippen molar-refractivity contribution >= 4 is 21.6 Å². The molecule has 1 amide bonds. The molecule has 0 saturated heterocycles. The molecule has 3 rings (SSSR count). The number of rotatable bonds is 10. The Morgan fingerprint density at radius 2 is 1.59 bits per heavy atom. The smallest absolute Gasteiger partial charge is 0.264 e. The van der Waals surface area contributed by atoms with Crippen molar-refractivity contribution in [3.05, 3.63) is 83.4 Å². The number of hydrogen-bond donors (Lipinski definition) is 1. The molecular formula is C26H30N2O5S. The number of hydrogen-bond acceptors (Lipinski definition) is 5. The molecule has 180 valence electrons. The summed E-state index contributed by atoms with van der Waals surface area (Å²) in [6.45, 7) is 5.81. The largest absolute Gasteiger partial charge is 0.493 e. The lowest BCUT2D eigenvalue weighted by molar-refractivity contribution is -0.119. The Morgan fingerprint density at radius 1 is 0.912 bits per heavy atom. The van der Waals surface area contributed by atoms with Gasteiger partial charge in [-0.1, -0.05) is 35.9 Å². The van der Waals surface area contributed by atoms with E-state index in [1.807, 2.05) is 39.0 Å². The highest BCUT2D eigenvalue weighted by Crippen LogP contribution is 2.27. The number of sulfonamides is 1. The van der Waals surface area contributed by atoms with Gasteiger partial charge in [0, 0.05) is 0 Å². The zero-order valence-electron chi connectivity index (χ0n) is 19.9. The molecule has 0 aliphatic rings. The molecule has 3 aromatic rings. The number of nitrogens with zero attached hydrogens (tertiary/aromatic N) is 1.